The van der Waals surface area contributed by atoms with Gasteiger partial charge < -0.3 is 14.5 Å². The molecule has 1 aliphatic heterocycles. The zero-order valence-corrected chi connectivity index (χ0v) is 13.6. The van der Waals surface area contributed by atoms with Gasteiger partial charge in [0.25, 0.3) is 0 Å². The van der Waals surface area contributed by atoms with Crippen LogP contribution in [0, 0.1) is 0 Å². The van der Waals surface area contributed by atoms with Crippen LogP contribution in [0.25, 0.3) is 10.9 Å². The Morgan fingerprint density at radius 3 is 2.55 bits per heavy atom. The smallest absolute Gasteiger partial charge is 0.338 e. The van der Waals surface area contributed by atoms with Gasteiger partial charge in [0, 0.05) is 31.6 Å². The molecule has 0 saturated carbocycles. The minimum Gasteiger partial charge on any atom is -0.465 e. The van der Waals surface area contributed by atoms with Crippen molar-refractivity contribution >= 4 is 35.1 Å². The summed E-state index contributed by atoms with van der Waals surface area (Å²) in [5.41, 5.74) is 1.41. The van der Waals surface area contributed by atoms with E-state index in [1.165, 1.54) is 7.11 Å². The van der Waals surface area contributed by atoms with Gasteiger partial charge in [0.15, 0.2) is 0 Å². The Hall–Kier alpha value is -1.85. The van der Waals surface area contributed by atoms with Crippen molar-refractivity contribution in [2.24, 2.45) is 0 Å². The number of ether oxygens (including phenoxy) is 1. The lowest BCUT2D eigenvalue weighted by Gasteiger charge is -2.33. The topological polar surface area (TPSA) is 45.7 Å². The monoisotopic (exact) mass is 321 g/mol. The minimum atomic E-state index is -0.316. The normalized spacial score (nSPS) is 15.5. The molecule has 6 heteroatoms. The first-order chi connectivity index (χ1) is 10.2. The molecule has 118 valence electrons. The first kappa shape index (κ1) is 16.5. The van der Waals surface area contributed by atoms with Crippen LogP contribution in [0.4, 0.5) is 5.82 Å². The zero-order chi connectivity index (χ0) is 14.8. The van der Waals surface area contributed by atoms with Crippen molar-refractivity contribution in [3.05, 3.63) is 35.9 Å². The maximum atomic E-state index is 12.0. The number of methoxy groups -OCH3 is 1. The fraction of sp³-hybridized carbons (Fsp3) is 0.375. The van der Waals surface area contributed by atoms with Crippen LogP contribution in [0.15, 0.2) is 30.3 Å². The molecule has 0 unspecified atom stereocenters. The number of anilines is 1. The highest BCUT2D eigenvalue weighted by Gasteiger charge is 2.19. The van der Waals surface area contributed by atoms with E-state index in [0.29, 0.717) is 5.56 Å². The summed E-state index contributed by atoms with van der Waals surface area (Å²) in [4.78, 5) is 21.3. The molecule has 0 N–H and O–H groups in total. The van der Waals surface area contributed by atoms with Gasteiger partial charge in [0.05, 0.1) is 18.2 Å². The molecule has 1 aromatic heterocycles. The molecule has 2 heterocycles. The van der Waals surface area contributed by atoms with Crippen LogP contribution in [0.5, 0.6) is 0 Å². The van der Waals surface area contributed by atoms with Gasteiger partial charge >= 0.3 is 5.97 Å². The van der Waals surface area contributed by atoms with Gasteiger partial charge in [-0.3, -0.25) is 0 Å². The molecule has 1 fully saturated rings. The number of carbonyl (C=O) groups is 1. The van der Waals surface area contributed by atoms with Crippen LogP contribution in [0.3, 0.4) is 0 Å². The molecule has 0 radical (unpaired) electrons. The van der Waals surface area contributed by atoms with Gasteiger partial charge in [0.1, 0.15) is 5.82 Å². The van der Waals surface area contributed by atoms with E-state index in [2.05, 4.69) is 16.8 Å². The summed E-state index contributed by atoms with van der Waals surface area (Å²) >= 11 is 0. The lowest BCUT2D eigenvalue weighted by atomic mass is 10.1. The molecule has 5 nitrogen and oxygen atoms in total. The Morgan fingerprint density at radius 1 is 1.18 bits per heavy atom. The van der Waals surface area contributed by atoms with Crippen molar-refractivity contribution < 1.29 is 9.53 Å². The molecule has 2 aromatic rings. The van der Waals surface area contributed by atoms with E-state index in [0.717, 1.165) is 42.9 Å². The maximum absolute atomic E-state index is 12.0. The largest absolute Gasteiger partial charge is 0.465 e. The van der Waals surface area contributed by atoms with E-state index in [1.807, 2.05) is 30.3 Å². The Balaban J connectivity index is 0.00000176. The number of carbonyl (C=O) groups excluding carboxylic acids is 1. The number of hydrogen-bond donors (Lipinski definition) is 0. The third-order valence-corrected chi connectivity index (χ3v) is 3.94. The molecule has 0 atom stereocenters. The summed E-state index contributed by atoms with van der Waals surface area (Å²) in [6.07, 6.45) is 0. The number of rotatable bonds is 2. The van der Waals surface area contributed by atoms with E-state index < -0.39 is 0 Å². The predicted octanol–water partition coefficient (Wildman–Crippen LogP) is 2.19. The number of pyridine rings is 1. The number of para-hydroxylation sites is 1. The van der Waals surface area contributed by atoms with Crippen LogP contribution in [0.2, 0.25) is 0 Å². The second-order valence-electron chi connectivity index (χ2n) is 5.33. The van der Waals surface area contributed by atoms with Crippen LogP contribution in [-0.4, -0.2) is 56.2 Å². The standard InChI is InChI=1S/C16H19N3O2.ClH/c1-18-7-9-19(10-8-18)15-11-13(16(20)21-2)12-5-3-4-6-14(12)17-15;/h3-6,11H,7-10H2,1-2H3;1H. The van der Waals surface area contributed by atoms with Crippen LogP contribution in [0.1, 0.15) is 10.4 Å². The average Bonchev–Trinajstić information content (AvgIpc) is 2.53. The molecule has 3 rings (SSSR count). The Morgan fingerprint density at radius 2 is 1.86 bits per heavy atom. The minimum absolute atomic E-state index is 0. The van der Waals surface area contributed by atoms with E-state index in [4.69, 9.17) is 9.72 Å². The van der Waals surface area contributed by atoms with Crippen LogP contribution < -0.4 is 4.90 Å². The lowest BCUT2D eigenvalue weighted by Crippen LogP contribution is -2.44. The van der Waals surface area contributed by atoms with E-state index in [1.54, 1.807) is 0 Å². The predicted molar refractivity (Wildman–Crippen MR) is 90.0 cm³/mol. The van der Waals surface area contributed by atoms with Crippen molar-refractivity contribution in [1.29, 1.82) is 0 Å². The summed E-state index contributed by atoms with van der Waals surface area (Å²) < 4.78 is 4.91. The maximum Gasteiger partial charge on any atom is 0.338 e. The van der Waals surface area contributed by atoms with Crippen molar-refractivity contribution in [3.63, 3.8) is 0 Å². The van der Waals surface area contributed by atoms with Crippen molar-refractivity contribution in [2.45, 2.75) is 0 Å². The third kappa shape index (κ3) is 3.15. The molecule has 22 heavy (non-hydrogen) atoms. The summed E-state index contributed by atoms with van der Waals surface area (Å²) in [6, 6.07) is 9.53. The average molecular weight is 322 g/mol. The number of aromatic nitrogens is 1. The van der Waals surface area contributed by atoms with Gasteiger partial charge in [-0.25, -0.2) is 9.78 Å². The Bertz CT molecular complexity index is 669. The SMILES string of the molecule is COC(=O)c1cc(N2CCN(C)CC2)nc2ccccc12.Cl. The summed E-state index contributed by atoms with van der Waals surface area (Å²) in [5.74, 6) is 0.533. The number of likely N-dealkylation sites (N-methyl/N-ethyl adjacent to an activating group) is 1. The Kier molecular flexibility index (Phi) is 5.21. The molecular weight excluding hydrogens is 302 g/mol. The van der Waals surface area contributed by atoms with Gasteiger partial charge in [-0.15, -0.1) is 12.4 Å². The molecule has 0 aliphatic carbocycles. The van der Waals surface area contributed by atoms with Crippen LogP contribution in [-0.2, 0) is 4.74 Å². The number of piperazine rings is 1. The summed E-state index contributed by atoms with van der Waals surface area (Å²) in [7, 11) is 3.53. The fourth-order valence-corrected chi connectivity index (χ4v) is 2.64. The van der Waals surface area contributed by atoms with Gasteiger partial charge in [-0.05, 0) is 19.2 Å². The van der Waals surface area contributed by atoms with Gasteiger partial charge in [0.2, 0.25) is 0 Å². The number of benzene rings is 1. The van der Waals surface area contributed by atoms with E-state index in [-0.39, 0.29) is 18.4 Å². The third-order valence-electron chi connectivity index (χ3n) is 3.94. The number of nitrogens with zero attached hydrogens (tertiary/aromatic N) is 3. The van der Waals surface area contributed by atoms with E-state index >= 15 is 0 Å². The highest BCUT2D eigenvalue weighted by Crippen LogP contribution is 2.24. The quantitative estimate of drug-likeness (QED) is 0.794. The first-order valence-electron chi connectivity index (χ1n) is 7.10. The molecular formula is C16H20ClN3O2. The lowest BCUT2D eigenvalue weighted by molar-refractivity contribution is 0.0603. The van der Waals surface area contributed by atoms with Crippen molar-refractivity contribution in [3.8, 4) is 0 Å². The second kappa shape index (κ2) is 6.94. The van der Waals surface area contributed by atoms with Gasteiger partial charge in [-0.1, -0.05) is 18.2 Å². The zero-order valence-electron chi connectivity index (χ0n) is 12.8. The van der Waals surface area contributed by atoms with Crippen molar-refractivity contribution in [1.82, 2.24) is 9.88 Å². The summed E-state index contributed by atoms with van der Waals surface area (Å²) in [5, 5.41) is 0.835. The molecule has 1 saturated heterocycles. The highest BCUT2D eigenvalue weighted by molar-refractivity contribution is 6.04. The van der Waals surface area contributed by atoms with Gasteiger partial charge in [-0.2, -0.15) is 0 Å². The number of fused-ring (bicyclic) bond motifs is 1. The second-order valence-corrected chi connectivity index (χ2v) is 5.33. The first-order valence-corrected chi connectivity index (χ1v) is 7.10. The van der Waals surface area contributed by atoms with E-state index in [9.17, 15) is 4.79 Å². The summed E-state index contributed by atoms with van der Waals surface area (Å²) in [6.45, 7) is 3.84. The highest BCUT2D eigenvalue weighted by atomic mass is 35.5. The molecule has 1 aliphatic rings. The molecule has 0 spiro atoms. The fourth-order valence-electron chi connectivity index (χ4n) is 2.64. The Labute approximate surface area is 136 Å². The molecule has 0 bridgehead atoms. The molecule has 1 aromatic carbocycles. The number of esters is 1. The van der Waals surface area contributed by atoms with Crippen molar-refractivity contribution in [2.75, 3.05) is 45.2 Å². The number of halogens is 1. The molecule has 0 amide bonds. The number of hydrogen-bond acceptors (Lipinski definition) is 5. The van der Waals surface area contributed by atoms with Crippen LogP contribution >= 0.6 is 12.4 Å².